The molecule has 0 radical (unpaired) electrons. The zero-order valence-corrected chi connectivity index (χ0v) is 10.3. The molecule has 1 heterocycles. The number of amides is 1. The summed E-state index contributed by atoms with van der Waals surface area (Å²) in [4.78, 5) is 25.0. The van der Waals surface area contributed by atoms with Crippen LogP contribution in [0.1, 0.15) is 20.8 Å². The van der Waals surface area contributed by atoms with E-state index in [1.807, 2.05) is 0 Å². The molecule has 0 saturated carbocycles. The monoisotopic (exact) mass is 262 g/mol. The van der Waals surface area contributed by atoms with Crippen LogP contribution in [0.25, 0.3) is 0 Å². The number of anilines is 1. The molecule has 0 aliphatic carbocycles. The number of carbonyl (C=O) groups is 1. The van der Waals surface area contributed by atoms with Crippen LogP contribution in [-0.4, -0.2) is 16.7 Å². The summed E-state index contributed by atoms with van der Waals surface area (Å²) in [6.07, 6.45) is 0.252. The normalized spacial score (nSPS) is 11.1. The van der Waals surface area contributed by atoms with Crippen LogP contribution in [0.2, 0.25) is 5.15 Å². The third kappa shape index (κ3) is 3.74. The van der Waals surface area contributed by atoms with Crippen molar-refractivity contribution in [1.82, 2.24) is 4.98 Å². The molecular formula is C10H12ClFN2O3. The fourth-order valence-electron chi connectivity index (χ4n) is 0.989. The van der Waals surface area contributed by atoms with Gasteiger partial charge in [-0.3, -0.25) is 10.1 Å². The molecule has 0 aliphatic heterocycles. The van der Waals surface area contributed by atoms with Crippen molar-refractivity contribution in [2.24, 2.45) is 0 Å². The van der Waals surface area contributed by atoms with Gasteiger partial charge in [-0.05, 0) is 20.8 Å². The Morgan fingerprint density at radius 2 is 2.12 bits per heavy atom. The topological polar surface area (TPSA) is 71.2 Å². The van der Waals surface area contributed by atoms with Gasteiger partial charge in [-0.15, -0.1) is 0 Å². The molecule has 1 aromatic heterocycles. The molecule has 0 atom stereocenters. The van der Waals surface area contributed by atoms with Crippen molar-refractivity contribution in [2.45, 2.75) is 26.4 Å². The first-order valence-electron chi connectivity index (χ1n) is 4.77. The highest BCUT2D eigenvalue weighted by Crippen LogP contribution is 2.11. The van der Waals surface area contributed by atoms with Crippen LogP contribution in [0.3, 0.4) is 0 Å². The van der Waals surface area contributed by atoms with Crippen molar-refractivity contribution in [3.63, 3.8) is 0 Å². The van der Waals surface area contributed by atoms with Gasteiger partial charge in [0.05, 0.1) is 0 Å². The van der Waals surface area contributed by atoms with E-state index in [0.29, 0.717) is 0 Å². The maximum absolute atomic E-state index is 13.1. The Bertz CT molecular complexity index is 493. The molecule has 94 valence electrons. The van der Waals surface area contributed by atoms with E-state index in [1.165, 1.54) is 0 Å². The summed E-state index contributed by atoms with van der Waals surface area (Å²) in [6.45, 7) is 5.00. The summed E-state index contributed by atoms with van der Waals surface area (Å²) in [7, 11) is 0. The molecule has 0 aromatic carbocycles. The minimum atomic E-state index is -1.15. The molecule has 1 aromatic rings. The Labute approximate surface area is 102 Å². The third-order valence-corrected chi connectivity index (χ3v) is 1.89. The van der Waals surface area contributed by atoms with Crippen molar-refractivity contribution >= 4 is 23.4 Å². The first kappa shape index (κ1) is 13.5. The lowest BCUT2D eigenvalue weighted by atomic mass is 10.2. The first-order valence-corrected chi connectivity index (χ1v) is 5.15. The second-order valence-electron chi connectivity index (χ2n) is 4.29. The molecule has 5 nitrogen and oxygen atoms in total. The van der Waals surface area contributed by atoms with Crippen LogP contribution in [0.5, 0.6) is 0 Å². The number of hydrogen-bond donors (Lipinski definition) is 2. The number of aromatic amines is 1. The van der Waals surface area contributed by atoms with Crippen molar-refractivity contribution in [3.8, 4) is 0 Å². The van der Waals surface area contributed by atoms with Gasteiger partial charge in [0.2, 0.25) is 11.2 Å². The van der Waals surface area contributed by atoms with E-state index in [4.69, 9.17) is 16.3 Å². The first-order chi connectivity index (χ1) is 7.70. The highest BCUT2D eigenvalue weighted by Gasteiger charge is 2.18. The molecule has 0 aliphatic rings. The predicted molar refractivity (Wildman–Crippen MR) is 61.9 cm³/mol. The predicted octanol–water partition coefficient (Wildman–Crippen LogP) is 2.51. The van der Waals surface area contributed by atoms with Gasteiger partial charge in [-0.2, -0.15) is 4.39 Å². The molecule has 1 rings (SSSR count). The van der Waals surface area contributed by atoms with E-state index in [1.54, 1.807) is 20.8 Å². The number of nitrogens with one attached hydrogen (secondary N) is 2. The van der Waals surface area contributed by atoms with Gasteiger partial charge in [-0.25, -0.2) is 4.79 Å². The summed E-state index contributed by atoms with van der Waals surface area (Å²) in [5, 5.41) is 1.72. The standard InChI is InChI=1S/C10H12ClFN2O3/c1-10(2,3)17-9(16)14-5-4-13-8(11)6(12)7(5)15/h4H,1-3H3,(H,13,15)(H,14,16). The number of carbonyl (C=O) groups excluding carboxylic acids is 1. The van der Waals surface area contributed by atoms with E-state index in [0.717, 1.165) is 6.20 Å². The molecule has 17 heavy (non-hydrogen) atoms. The number of H-pyrrole nitrogens is 1. The second kappa shape index (κ2) is 4.75. The number of hydrogen-bond acceptors (Lipinski definition) is 3. The Morgan fingerprint density at radius 1 is 1.53 bits per heavy atom. The van der Waals surface area contributed by atoms with E-state index in [-0.39, 0.29) is 5.69 Å². The van der Waals surface area contributed by atoms with Gasteiger partial charge in [0, 0.05) is 6.20 Å². The van der Waals surface area contributed by atoms with E-state index in [9.17, 15) is 14.0 Å². The quantitative estimate of drug-likeness (QED) is 0.764. The average molecular weight is 263 g/mol. The number of aromatic nitrogens is 1. The molecule has 0 unspecified atom stereocenters. The Kier molecular flexibility index (Phi) is 3.77. The van der Waals surface area contributed by atoms with E-state index >= 15 is 0 Å². The zero-order valence-electron chi connectivity index (χ0n) is 9.56. The molecule has 0 spiro atoms. The maximum atomic E-state index is 13.1. The van der Waals surface area contributed by atoms with Gasteiger partial charge in [0.15, 0.2) is 0 Å². The largest absolute Gasteiger partial charge is 0.444 e. The van der Waals surface area contributed by atoms with Crippen LogP contribution < -0.4 is 10.7 Å². The highest BCUT2D eigenvalue weighted by atomic mass is 35.5. The fraction of sp³-hybridized carbons (Fsp3) is 0.400. The highest BCUT2D eigenvalue weighted by molar-refractivity contribution is 6.29. The maximum Gasteiger partial charge on any atom is 0.412 e. The molecule has 7 heteroatoms. The van der Waals surface area contributed by atoms with Gasteiger partial charge < -0.3 is 9.72 Å². The van der Waals surface area contributed by atoms with Gasteiger partial charge in [0.1, 0.15) is 16.4 Å². The second-order valence-corrected chi connectivity index (χ2v) is 4.66. The van der Waals surface area contributed by atoms with Crippen LogP contribution >= 0.6 is 11.6 Å². The summed E-state index contributed by atoms with van der Waals surface area (Å²) >= 11 is 5.35. The minimum absolute atomic E-state index is 0.263. The molecule has 2 N–H and O–H groups in total. The van der Waals surface area contributed by atoms with Gasteiger partial charge in [-0.1, -0.05) is 11.6 Å². The molecule has 0 bridgehead atoms. The molecular weight excluding hydrogens is 251 g/mol. The fourth-order valence-corrected chi connectivity index (χ4v) is 1.13. The van der Waals surface area contributed by atoms with E-state index in [2.05, 4.69) is 10.3 Å². The van der Waals surface area contributed by atoms with Crippen molar-refractivity contribution in [1.29, 1.82) is 0 Å². The Morgan fingerprint density at radius 3 is 2.65 bits per heavy atom. The Balaban J connectivity index is 2.87. The minimum Gasteiger partial charge on any atom is -0.444 e. The third-order valence-electron chi connectivity index (χ3n) is 1.62. The van der Waals surface area contributed by atoms with Gasteiger partial charge >= 0.3 is 6.09 Å². The number of ether oxygens (including phenoxy) is 1. The number of rotatable bonds is 1. The summed E-state index contributed by atoms with van der Waals surface area (Å²) < 4.78 is 18.0. The summed E-state index contributed by atoms with van der Waals surface area (Å²) in [5.41, 5.74) is -1.97. The molecule has 1 amide bonds. The van der Waals surface area contributed by atoms with Crippen molar-refractivity contribution in [2.75, 3.05) is 5.32 Å². The van der Waals surface area contributed by atoms with Gasteiger partial charge in [0.25, 0.3) is 0 Å². The van der Waals surface area contributed by atoms with Crippen LogP contribution in [0.4, 0.5) is 14.9 Å². The van der Waals surface area contributed by atoms with Crippen LogP contribution in [-0.2, 0) is 4.74 Å². The Hall–Kier alpha value is -1.56. The van der Waals surface area contributed by atoms with Crippen molar-refractivity contribution < 1.29 is 13.9 Å². The zero-order chi connectivity index (χ0) is 13.2. The molecule has 0 fully saturated rings. The lowest BCUT2D eigenvalue weighted by molar-refractivity contribution is 0.0635. The van der Waals surface area contributed by atoms with Crippen LogP contribution in [0, 0.1) is 5.82 Å². The average Bonchev–Trinajstić information content (AvgIpc) is 2.16. The lowest BCUT2D eigenvalue weighted by Crippen LogP contribution is -2.29. The SMILES string of the molecule is CC(C)(C)OC(=O)Nc1c[nH]c(Cl)c(F)c1=O. The van der Waals surface area contributed by atoms with E-state index < -0.39 is 28.1 Å². The van der Waals surface area contributed by atoms with Crippen molar-refractivity contribution in [3.05, 3.63) is 27.4 Å². The summed E-state index contributed by atoms with van der Waals surface area (Å²) in [6, 6.07) is 0. The number of halogens is 2. The van der Waals surface area contributed by atoms with Crippen LogP contribution in [0.15, 0.2) is 11.0 Å². The summed E-state index contributed by atoms with van der Waals surface area (Å²) in [5.74, 6) is -1.15. The smallest absolute Gasteiger partial charge is 0.412 e. The lowest BCUT2D eigenvalue weighted by Gasteiger charge is -2.19. The number of pyridine rings is 1. The molecule has 0 saturated heterocycles.